The van der Waals surface area contributed by atoms with E-state index in [4.69, 9.17) is 16.7 Å². The van der Waals surface area contributed by atoms with Crippen LogP contribution in [0.25, 0.3) is 0 Å². The molecule has 2 N–H and O–H groups in total. The fourth-order valence-electron chi connectivity index (χ4n) is 3.47. The molecule has 0 spiro atoms. The number of carboxylic acids is 1. The highest BCUT2D eigenvalue weighted by Gasteiger charge is 2.43. The number of nitrogens with one attached hydrogen (secondary N) is 1. The first-order chi connectivity index (χ1) is 13.4. The Bertz CT molecular complexity index is 1010. The quantitative estimate of drug-likeness (QED) is 0.833. The highest BCUT2D eigenvalue weighted by molar-refractivity contribution is 6.30. The van der Waals surface area contributed by atoms with Crippen LogP contribution in [-0.2, 0) is 4.79 Å². The number of likely N-dealkylation sites (N-methyl/N-ethyl adjacent to an activating group) is 1. The van der Waals surface area contributed by atoms with Crippen LogP contribution in [0, 0.1) is 0 Å². The normalized spacial score (nSPS) is 19.0. The maximum atomic E-state index is 13.2. The van der Waals surface area contributed by atoms with E-state index in [-0.39, 0.29) is 24.0 Å². The first kappa shape index (κ1) is 18.1. The van der Waals surface area contributed by atoms with Crippen molar-refractivity contribution in [3.8, 4) is 0 Å². The molecule has 3 amide bonds. The van der Waals surface area contributed by atoms with Crippen molar-refractivity contribution in [1.29, 1.82) is 0 Å². The SMILES string of the molecule is CN1C(=O)N[C@H](c2ccc(Cl)cc2)C2=C1CN(c1ccc(C(=O)O)cc1)C2=O. The van der Waals surface area contributed by atoms with Gasteiger partial charge in [-0.3, -0.25) is 9.69 Å². The van der Waals surface area contributed by atoms with E-state index in [2.05, 4.69) is 5.32 Å². The molecular formula is C20H16ClN3O4. The van der Waals surface area contributed by atoms with E-state index in [0.717, 1.165) is 5.56 Å². The molecule has 4 rings (SSSR count). The minimum atomic E-state index is -1.03. The molecule has 2 aromatic rings. The van der Waals surface area contributed by atoms with E-state index in [9.17, 15) is 14.4 Å². The summed E-state index contributed by atoms with van der Waals surface area (Å²) in [6, 6.07) is 12.2. The van der Waals surface area contributed by atoms with Crippen molar-refractivity contribution in [2.45, 2.75) is 6.04 Å². The summed E-state index contributed by atoms with van der Waals surface area (Å²) in [7, 11) is 1.62. The molecule has 0 bridgehead atoms. The molecule has 0 aliphatic carbocycles. The Morgan fingerprint density at radius 1 is 1.11 bits per heavy atom. The second-order valence-electron chi connectivity index (χ2n) is 6.60. The van der Waals surface area contributed by atoms with Crippen molar-refractivity contribution < 1.29 is 19.5 Å². The summed E-state index contributed by atoms with van der Waals surface area (Å²) in [5, 5.41) is 12.5. The zero-order valence-corrected chi connectivity index (χ0v) is 15.6. The van der Waals surface area contributed by atoms with Crippen molar-refractivity contribution in [3.05, 3.63) is 76.0 Å². The summed E-state index contributed by atoms with van der Waals surface area (Å²) < 4.78 is 0. The van der Waals surface area contributed by atoms with Crippen LogP contribution in [0.1, 0.15) is 22.0 Å². The molecule has 0 radical (unpaired) electrons. The number of carbonyl (C=O) groups is 3. The van der Waals surface area contributed by atoms with Gasteiger partial charge in [0.25, 0.3) is 5.91 Å². The lowest BCUT2D eigenvalue weighted by Crippen LogP contribution is -2.45. The van der Waals surface area contributed by atoms with Gasteiger partial charge in [0.1, 0.15) is 0 Å². The van der Waals surface area contributed by atoms with Gasteiger partial charge >= 0.3 is 12.0 Å². The Morgan fingerprint density at radius 3 is 2.36 bits per heavy atom. The maximum Gasteiger partial charge on any atom is 0.335 e. The molecule has 7 nitrogen and oxygen atoms in total. The number of carbonyl (C=O) groups excluding carboxylic acids is 2. The van der Waals surface area contributed by atoms with Gasteiger partial charge in [-0.05, 0) is 42.0 Å². The molecule has 28 heavy (non-hydrogen) atoms. The van der Waals surface area contributed by atoms with E-state index < -0.39 is 12.0 Å². The van der Waals surface area contributed by atoms with Crippen LogP contribution in [0.2, 0.25) is 5.02 Å². The first-order valence-electron chi connectivity index (χ1n) is 8.55. The van der Waals surface area contributed by atoms with Crippen molar-refractivity contribution in [2.24, 2.45) is 0 Å². The molecule has 0 aromatic heterocycles. The van der Waals surface area contributed by atoms with Crippen LogP contribution < -0.4 is 10.2 Å². The minimum Gasteiger partial charge on any atom is -0.478 e. The average molecular weight is 398 g/mol. The lowest BCUT2D eigenvalue weighted by molar-refractivity contribution is -0.114. The number of halogens is 1. The highest BCUT2D eigenvalue weighted by atomic mass is 35.5. The summed E-state index contributed by atoms with van der Waals surface area (Å²) in [5.74, 6) is -1.26. The molecule has 1 atom stereocenters. The number of hydrogen-bond acceptors (Lipinski definition) is 3. The van der Waals surface area contributed by atoms with Crippen LogP contribution in [0.15, 0.2) is 59.8 Å². The molecule has 142 valence electrons. The van der Waals surface area contributed by atoms with E-state index in [1.807, 2.05) is 0 Å². The number of carboxylic acid groups (broad SMARTS) is 1. The predicted molar refractivity (Wildman–Crippen MR) is 103 cm³/mol. The summed E-state index contributed by atoms with van der Waals surface area (Å²) >= 11 is 5.96. The lowest BCUT2D eigenvalue weighted by atomic mass is 9.96. The number of urea groups is 1. The molecule has 0 saturated carbocycles. The minimum absolute atomic E-state index is 0.140. The Kier molecular flexibility index (Phi) is 4.31. The number of amides is 3. The topological polar surface area (TPSA) is 90.0 Å². The van der Waals surface area contributed by atoms with E-state index >= 15 is 0 Å². The lowest BCUT2D eigenvalue weighted by Gasteiger charge is -2.31. The molecule has 0 saturated heterocycles. The van der Waals surface area contributed by atoms with Crippen LogP contribution in [0.5, 0.6) is 0 Å². The molecule has 8 heteroatoms. The van der Waals surface area contributed by atoms with Crippen LogP contribution in [0.3, 0.4) is 0 Å². The Labute approximate surface area is 165 Å². The van der Waals surface area contributed by atoms with E-state index in [1.165, 1.54) is 21.9 Å². The third-order valence-electron chi connectivity index (χ3n) is 4.99. The van der Waals surface area contributed by atoms with Gasteiger partial charge in [0.15, 0.2) is 0 Å². The van der Waals surface area contributed by atoms with Gasteiger partial charge in [-0.25, -0.2) is 9.59 Å². The second-order valence-corrected chi connectivity index (χ2v) is 7.03. The monoisotopic (exact) mass is 397 g/mol. The first-order valence-corrected chi connectivity index (χ1v) is 8.92. The summed E-state index contributed by atoms with van der Waals surface area (Å²) in [4.78, 5) is 39.7. The fourth-order valence-corrected chi connectivity index (χ4v) is 3.59. The second kappa shape index (κ2) is 6.69. The number of aromatic carboxylic acids is 1. The third-order valence-corrected chi connectivity index (χ3v) is 5.24. The standard InChI is InChI=1S/C20H16ClN3O4/c1-23-15-10-24(14-8-4-12(5-9-14)19(26)27)18(25)16(15)17(22-20(23)28)11-2-6-13(21)7-3-11/h2-9,17H,10H2,1H3,(H,22,28)(H,26,27)/t17-/m1/s1. The van der Waals surface area contributed by atoms with Crippen LogP contribution in [-0.4, -0.2) is 41.5 Å². The molecule has 2 aromatic carbocycles. The van der Waals surface area contributed by atoms with Crippen molar-refractivity contribution in [2.75, 3.05) is 18.5 Å². The predicted octanol–water partition coefficient (Wildman–Crippen LogP) is 3.04. The van der Waals surface area contributed by atoms with Gasteiger partial charge in [0, 0.05) is 17.8 Å². The van der Waals surface area contributed by atoms with E-state index in [1.54, 1.807) is 43.4 Å². The van der Waals surface area contributed by atoms with Crippen molar-refractivity contribution in [1.82, 2.24) is 10.2 Å². The molecule has 2 aliphatic heterocycles. The Balaban J connectivity index is 1.71. The van der Waals surface area contributed by atoms with Gasteiger partial charge in [0.2, 0.25) is 0 Å². The molecular weight excluding hydrogens is 382 g/mol. The molecule has 0 unspecified atom stereocenters. The number of rotatable bonds is 3. The van der Waals surface area contributed by atoms with Crippen molar-refractivity contribution >= 4 is 35.2 Å². The van der Waals surface area contributed by atoms with Gasteiger partial charge < -0.3 is 15.3 Å². The summed E-state index contributed by atoms with van der Waals surface area (Å²) in [6.07, 6.45) is 0. The largest absolute Gasteiger partial charge is 0.478 e. The highest BCUT2D eigenvalue weighted by Crippen LogP contribution is 2.37. The molecule has 2 aliphatic rings. The number of anilines is 1. The zero-order valence-electron chi connectivity index (χ0n) is 14.8. The van der Waals surface area contributed by atoms with Crippen molar-refractivity contribution in [3.63, 3.8) is 0 Å². The Morgan fingerprint density at radius 2 is 1.75 bits per heavy atom. The Hall–Kier alpha value is -3.32. The number of benzene rings is 2. The number of hydrogen-bond donors (Lipinski definition) is 2. The fraction of sp³-hybridized carbons (Fsp3) is 0.150. The summed E-state index contributed by atoms with van der Waals surface area (Å²) in [6.45, 7) is 0.231. The van der Waals surface area contributed by atoms with Gasteiger partial charge in [-0.1, -0.05) is 23.7 Å². The van der Waals surface area contributed by atoms with Crippen LogP contribution in [0.4, 0.5) is 10.5 Å². The van der Waals surface area contributed by atoms with Crippen LogP contribution >= 0.6 is 11.6 Å². The zero-order chi connectivity index (χ0) is 20.0. The third kappa shape index (κ3) is 2.90. The smallest absolute Gasteiger partial charge is 0.335 e. The van der Waals surface area contributed by atoms with Gasteiger partial charge in [-0.2, -0.15) is 0 Å². The molecule has 2 heterocycles. The number of nitrogens with zero attached hydrogens (tertiary/aromatic N) is 2. The van der Waals surface area contributed by atoms with Gasteiger partial charge in [0.05, 0.1) is 29.4 Å². The average Bonchev–Trinajstić information content (AvgIpc) is 3.03. The van der Waals surface area contributed by atoms with E-state index in [0.29, 0.717) is 22.0 Å². The summed E-state index contributed by atoms with van der Waals surface area (Å²) in [5.41, 5.74) is 2.58. The maximum absolute atomic E-state index is 13.2. The molecule has 0 fully saturated rings. The van der Waals surface area contributed by atoms with Gasteiger partial charge in [-0.15, -0.1) is 0 Å².